The average molecular weight is 497 g/mol. The Kier molecular flexibility index (Phi) is 22.7. The summed E-state index contributed by atoms with van der Waals surface area (Å²) in [5, 5.41) is 3.10. The number of hydrogen-bond donors (Lipinski definition) is 1. The highest BCUT2D eigenvalue weighted by atomic mass is 127. The molecule has 0 rings (SSSR count). The van der Waals surface area contributed by atoms with E-state index in [4.69, 9.17) is 0 Å². The largest absolute Gasteiger partial charge is 1.00 e. The molecule has 0 heterocycles. The number of rotatable bonds is 19. The first-order chi connectivity index (χ1) is 12.6. The van der Waals surface area contributed by atoms with Gasteiger partial charge in [0.1, 0.15) is 0 Å². The van der Waals surface area contributed by atoms with Crippen molar-refractivity contribution >= 4 is 5.91 Å². The van der Waals surface area contributed by atoms with Gasteiger partial charge in [0, 0.05) is 6.42 Å². The maximum atomic E-state index is 11.9. The Morgan fingerprint density at radius 3 is 1.52 bits per heavy atom. The van der Waals surface area contributed by atoms with Crippen molar-refractivity contribution in [3.63, 3.8) is 0 Å². The van der Waals surface area contributed by atoms with Crippen LogP contribution in [-0.2, 0) is 4.79 Å². The smallest absolute Gasteiger partial charge is 0.220 e. The van der Waals surface area contributed by atoms with E-state index in [0.29, 0.717) is 6.42 Å². The van der Waals surface area contributed by atoms with E-state index in [0.717, 1.165) is 37.1 Å². The quantitative estimate of drug-likeness (QED) is 0.166. The Balaban J connectivity index is 0. The van der Waals surface area contributed by atoms with Crippen LogP contribution in [0.3, 0.4) is 0 Å². The zero-order chi connectivity index (χ0) is 19.5. The number of amides is 1. The molecule has 1 amide bonds. The normalized spacial score (nSPS) is 11.3. The molecule has 3 nitrogen and oxygen atoms in total. The van der Waals surface area contributed by atoms with Gasteiger partial charge in [-0.1, -0.05) is 84.0 Å². The van der Waals surface area contributed by atoms with E-state index >= 15 is 0 Å². The highest BCUT2D eigenvalue weighted by Crippen LogP contribution is 2.12. The van der Waals surface area contributed by atoms with Crippen LogP contribution in [0.5, 0.6) is 0 Å². The standard InChI is InChI=1S/C23H48N2O.HI/c1-5-8-9-10-11-12-13-14-15-16-17-18-19-20-23(26)24-21-22-25(4,6-2)7-3;/h5-22H2,1-4H3;1H. The first-order valence-electron chi connectivity index (χ1n) is 11.7. The Bertz CT molecular complexity index is 320. The predicted molar refractivity (Wildman–Crippen MR) is 115 cm³/mol. The molecule has 0 unspecified atom stereocenters. The lowest BCUT2D eigenvalue weighted by Gasteiger charge is -2.32. The number of quaternary nitrogens is 1. The maximum Gasteiger partial charge on any atom is 0.220 e. The zero-order valence-electron chi connectivity index (χ0n) is 19.0. The van der Waals surface area contributed by atoms with Crippen LogP contribution in [0.1, 0.15) is 111 Å². The monoisotopic (exact) mass is 496 g/mol. The minimum absolute atomic E-state index is 0. The van der Waals surface area contributed by atoms with Crippen LogP contribution in [0, 0.1) is 0 Å². The number of hydrogen-bond acceptors (Lipinski definition) is 1. The van der Waals surface area contributed by atoms with Gasteiger partial charge in [0.15, 0.2) is 0 Å². The summed E-state index contributed by atoms with van der Waals surface area (Å²) >= 11 is 0. The van der Waals surface area contributed by atoms with Crippen LogP contribution in [0.4, 0.5) is 0 Å². The van der Waals surface area contributed by atoms with Gasteiger partial charge in [-0.15, -0.1) is 0 Å². The van der Waals surface area contributed by atoms with Crippen LogP contribution in [0.2, 0.25) is 0 Å². The summed E-state index contributed by atoms with van der Waals surface area (Å²) in [5.74, 6) is 0.242. The number of nitrogens with one attached hydrogen (secondary N) is 1. The van der Waals surface area contributed by atoms with Crippen molar-refractivity contribution in [3.8, 4) is 0 Å². The van der Waals surface area contributed by atoms with Crippen LogP contribution >= 0.6 is 0 Å². The lowest BCUT2D eigenvalue weighted by molar-refractivity contribution is -0.904. The topological polar surface area (TPSA) is 29.1 Å². The molecular weight excluding hydrogens is 447 g/mol. The highest BCUT2D eigenvalue weighted by Gasteiger charge is 2.15. The van der Waals surface area contributed by atoms with Crippen LogP contribution in [-0.4, -0.2) is 43.6 Å². The Labute approximate surface area is 188 Å². The molecule has 1 N–H and O–H groups in total. The molecule has 0 spiro atoms. The van der Waals surface area contributed by atoms with Crippen molar-refractivity contribution in [1.82, 2.24) is 5.32 Å². The summed E-state index contributed by atoms with van der Waals surface area (Å²) in [5.41, 5.74) is 0. The van der Waals surface area contributed by atoms with Crippen molar-refractivity contribution in [2.24, 2.45) is 0 Å². The lowest BCUT2D eigenvalue weighted by Crippen LogP contribution is -3.00. The summed E-state index contributed by atoms with van der Waals surface area (Å²) in [6.45, 7) is 10.8. The van der Waals surface area contributed by atoms with Gasteiger partial charge in [-0.25, -0.2) is 0 Å². The van der Waals surface area contributed by atoms with E-state index in [-0.39, 0.29) is 29.9 Å². The number of carbonyl (C=O) groups excluding carboxylic acids is 1. The molecule has 0 aromatic heterocycles. The van der Waals surface area contributed by atoms with Crippen LogP contribution in [0.25, 0.3) is 0 Å². The average Bonchev–Trinajstić information content (AvgIpc) is 2.65. The van der Waals surface area contributed by atoms with Gasteiger partial charge in [-0.05, 0) is 20.3 Å². The number of halogens is 1. The Morgan fingerprint density at radius 1 is 0.704 bits per heavy atom. The SMILES string of the molecule is CCCCCCCCCCCCCCCC(=O)NCC[N+](C)(CC)CC.[I-]. The van der Waals surface area contributed by atoms with E-state index < -0.39 is 0 Å². The molecule has 0 fully saturated rings. The second-order valence-electron chi connectivity index (χ2n) is 8.32. The first kappa shape index (κ1) is 29.4. The number of nitrogens with zero attached hydrogens (tertiary/aromatic N) is 1. The number of likely N-dealkylation sites (N-methyl/N-ethyl adjacent to an activating group) is 1. The maximum absolute atomic E-state index is 11.9. The second kappa shape index (κ2) is 20.9. The van der Waals surface area contributed by atoms with Crippen molar-refractivity contribution in [1.29, 1.82) is 0 Å². The van der Waals surface area contributed by atoms with Crippen LogP contribution in [0.15, 0.2) is 0 Å². The van der Waals surface area contributed by atoms with Gasteiger partial charge in [0.2, 0.25) is 5.91 Å². The minimum atomic E-state index is 0. The van der Waals surface area contributed by atoms with E-state index in [1.54, 1.807) is 0 Å². The molecule has 4 heteroatoms. The summed E-state index contributed by atoms with van der Waals surface area (Å²) in [7, 11) is 2.26. The minimum Gasteiger partial charge on any atom is -1.00 e. The third kappa shape index (κ3) is 19.3. The Hall–Kier alpha value is 0.160. The zero-order valence-corrected chi connectivity index (χ0v) is 21.1. The molecule has 0 aromatic rings. The molecule has 0 aliphatic heterocycles. The molecule has 0 atom stereocenters. The molecule has 27 heavy (non-hydrogen) atoms. The van der Waals surface area contributed by atoms with Crippen molar-refractivity contribution in [2.75, 3.05) is 33.2 Å². The molecule has 164 valence electrons. The van der Waals surface area contributed by atoms with Gasteiger partial charge in [-0.2, -0.15) is 0 Å². The Morgan fingerprint density at radius 2 is 1.11 bits per heavy atom. The van der Waals surface area contributed by atoms with Crippen LogP contribution < -0.4 is 29.3 Å². The first-order valence-corrected chi connectivity index (χ1v) is 11.7. The van der Waals surface area contributed by atoms with Crippen molar-refractivity contribution < 1.29 is 33.3 Å². The summed E-state index contributed by atoms with van der Waals surface area (Å²) < 4.78 is 1.04. The molecule has 0 aliphatic carbocycles. The van der Waals surface area contributed by atoms with E-state index in [9.17, 15) is 4.79 Å². The third-order valence-corrected chi connectivity index (χ3v) is 6.01. The molecular formula is C23H49IN2O. The van der Waals surface area contributed by atoms with E-state index in [1.807, 2.05) is 0 Å². The van der Waals surface area contributed by atoms with Crippen molar-refractivity contribution in [3.05, 3.63) is 0 Å². The molecule has 0 aliphatic rings. The van der Waals surface area contributed by atoms with Gasteiger partial charge < -0.3 is 33.8 Å². The molecule has 0 aromatic carbocycles. The van der Waals surface area contributed by atoms with Gasteiger partial charge >= 0.3 is 0 Å². The molecule has 0 bridgehead atoms. The number of unbranched alkanes of at least 4 members (excludes halogenated alkanes) is 12. The second-order valence-corrected chi connectivity index (χ2v) is 8.32. The fourth-order valence-corrected chi connectivity index (χ4v) is 3.40. The van der Waals surface area contributed by atoms with Gasteiger partial charge in [0.25, 0.3) is 0 Å². The number of carbonyl (C=O) groups is 1. The van der Waals surface area contributed by atoms with Gasteiger partial charge in [0.05, 0.1) is 33.2 Å². The summed E-state index contributed by atoms with van der Waals surface area (Å²) in [6.07, 6.45) is 18.3. The molecule has 0 saturated carbocycles. The summed E-state index contributed by atoms with van der Waals surface area (Å²) in [6, 6.07) is 0. The lowest BCUT2D eigenvalue weighted by atomic mass is 10.0. The summed E-state index contributed by atoms with van der Waals surface area (Å²) in [4.78, 5) is 11.9. The predicted octanol–water partition coefficient (Wildman–Crippen LogP) is 3.07. The molecule has 0 radical (unpaired) electrons. The third-order valence-electron chi connectivity index (χ3n) is 6.01. The highest BCUT2D eigenvalue weighted by molar-refractivity contribution is 5.75. The van der Waals surface area contributed by atoms with E-state index in [2.05, 4.69) is 33.1 Å². The van der Waals surface area contributed by atoms with Crippen molar-refractivity contribution in [2.45, 2.75) is 111 Å². The fraction of sp³-hybridized carbons (Fsp3) is 0.957. The molecule has 0 saturated heterocycles. The van der Waals surface area contributed by atoms with Gasteiger partial charge in [-0.3, -0.25) is 4.79 Å². The fourth-order valence-electron chi connectivity index (χ4n) is 3.40. The van der Waals surface area contributed by atoms with E-state index in [1.165, 1.54) is 77.0 Å².